The molecule has 0 unspecified atom stereocenters. The van der Waals surface area contributed by atoms with Crippen molar-refractivity contribution in [2.45, 2.75) is 44.3 Å². The van der Waals surface area contributed by atoms with Crippen molar-refractivity contribution in [2.75, 3.05) is 36.5 Å². The van der Waals surface area contributed by atoms with E-state index in [1.165, 1.54) is 11.3 Å². The number of aliphatic hydroxyl groups excluding tert-OH is 1. The van der Waals surface area contributed by atoms with Gasteiger partial charge >= 0.3 is 0 Å². The number of aliphatic hydroxyl groups is 1. The highest BCUT2D eigenvalue weighted by molar-refractivity contribution is 7.14. The molecule has 0 bridgehead atoms. The lowest BCUT2D eigenvalue weighted by Crippen LogP contribution is -2.45. The van der Waals surface area contributed by atoms with Crippen LogP contribution in [0.3, 0.4) is 0 Å². The third kappa shape index (κ3) is 5.82. The van der Waals surface area contributed by atoms with E-state index in [9.17, 15) is 14.7 Å². The fraction of sp³-hybridized carbons (Fsp3) is 0.407. The molecule has 5 rings (SSSR count). The average Bonchev–Trinajstić information content (AvgIpc) is 3.58. The molecule has 9 nitrogen and oxygen atoms in total. The van der Waals surface area contributed by atoms with Gasteiger partial charge in [-0.05, 0) is 56.5 Å². The lowest BCUT2D eigenvalue weighted by Gasteiger charge is -2.36. The van der Waals surface area contributed by atoms with Crippen LogP contribution in [0.15, 0.2) is 47.8 Å². The van der Waals surface area contributed by atoms with Crippen molar-refractivity contribution >= 4 is 34.1 Å². The van der Waals surface area contributed by atoms with E-state index in [0.717, 1.165) is 43.0 Å². The van der Waals surface area contributed by atoms with E-state index in [2.05, 4.69) is 34.4 Å². The molecule has 1 aliphatic heterocycles. The molecule has 3 N–H and O–H groups in total. The second-order valence-electron chi connectivity index (χ2n) is 9.83. The number of hydrogen-bond donors (Lipinski definition) is 3. The van der Waals surface area contributed by atoms with E-state index in [-0.39, 0.29) is 42.6 Å². The summed E-state index contributed by atoms with van der Waals surface area (Å²) in [6.07, 6.45) is 2.10. The fourth-order valence-electron chi connectivity index (χ4n) is 4.66. The smallest absolute Gasteiger partial charge is 0.251 e. The van der Waals surface area contributed by atoms with Crippen LogP contribution < -0.4 is 15.5 Å². The molecule has 1 aliphatic carbocycles. The second kappa shape index (κ2) is 10.6. The average molecular weight is 522 g/mol. The Morgan fingerprint density at radius 2 is 1.86 bits per heavy atom. The first-order valence-electron chi connectivity index (χ1n) is 12.5. The summed E-state index contributed by atoms with van der Waals surface area (Å²) in [6.45, 7) is 5.56. The van der Waals surface area contributed by atoms with Crippen LogP contribution in [0.5, 0.6) is 0 Å². The maximum Gasteiger partial charge on any atom is 0.251 e. The van der Waals surface area contributed by atoms with Gasteiger partial charge in [0.1, 0.15) is 11.5 Å². The third-order valence-corrected chi connectivity index (χ3v) is 7.55. The SMILES string of the molecule is C[C@@H]1CN(c2cccc(-c3csc(NC(=O)CNC(=O)c4cccc(C5(CO)CC5)c4)n3)n2)C[C@H](C)O1. The molecular formula is C27H31N5O4S. The summed E-state index contributed by atoms with van der Waals surface area (Å²) < 4.78 is 5.82. The first-order chi connectivity index (χ1) is 17.8. The van der Waals surface area contributed by atoms with Crippen molar-refractivity contribution < 1.29 is 19.4 Å². The molecular weight excluding hydrogens is 490 g/mol. The monoisotopic (exact) mass is 521 g/mol. The molecule has 0 spiro atoms. The van der Waals surface area contributed by atoms with Gasteiger partial charge in [0.05, 0.1) is 31.1 Å². The molecule has 0 radical (unpaired) electrons. The van der Waals surface area contributed by atoms with Crippen LogP contribution in [0.1, 0.15) is 42.6 Å². The number of carbonyl (C=O) groups is 2. The Bertz CT molecular complexity index is 1280. The molecule has 1 saturated heterocycles. The number of nitrogens with one attached hydrogen (secondary N) is 2. The van der Waals surface area contributed by atoms with E-state index in [0.29, 0.717) is 16.4 Å². The van der Waals surface area contributed by atoms with E-state index < -0.39 is 0 Å². The normalized spacial score (nSPS) is 20.4. The second-order valence-corrected chi connectivity index (χ2v) is 10.7. The zero-order valence-electron chi connectivity index (χ0n) is 20.9. The molecule has 37 heavy (non-hydrogen) atoms. The van der Waals surface area contributed by atoms with Gasteiger partial charge in [0.25, 0.3) is 5.91 Å². The lowest BCUT2D eigenvalue weighted by molar-refractivity contribution is -0.115. The number of thiazole rings is 1. The van der Waals surface area contributed by atoms with Gasteiger partial charge in [0.2, 0.25) is 5.91 Å². The molecule has 2 amide bonds. The van der Waals surface area contributed by atoms with Crippen LogP contribution in [0.4, 0.5) is 10.9 Å². The van der Waals surface area contributed by atoms with Crippen LogP contribution in [-0.2, 0) is 14.9 Å². The minimum atomic E-state index is -0.363. The number of rotatable bonds is 8. The molecule has 3 heterocycles. The van der Waals surface area contributed by atoms with Gasteiger partial charge in [0.15, 0.2) is 5.13 Å². The molecule has 194 valence electrons. The Hall–Kier alpha value is -3.34. The minimum absolute atomic E-state index is 0.0712. The summed E-state index contributed by atoms with van der Waals surface area (Å²) in [5.74, 6) is 0.173. The Morgan fingerprint density at radius 1 is 1.11 bits per heavy atom. The molecule has 1 saturated carbocycles. The number of carbonyl (C=O) groups excluding carboxylic acids is 2. The standard InChI is InChI=1S/C27H31N5O4S/c1-17-13-32(14-18(2)36-17)23-8-4-7-21(29-23)22-15-37-26(30-22)31-24(34)12-28-25(35)19-5-3-6-20(11-19)27(16-33)9-10-27/h3-8,11,15,17-18,33H,9-10,12-14,16H2,1-2H3,(H,28,35)(H,30,31,34)/t17-,18+. The minimum Gasteiger partial charge on any atom is -0.395 e. The van der Waals surface area contributed by atoms with Gasteiger partial charge in [-0.1, -0.05) is 18.2 Å². The molecule has 2 fully saturated rings. The van der Waals surface area contributed by atoms with Crippen molar-refractivity contribution in [1.82, 2.24) is 15.3 Å². The number of benzene rings is 1. The van der Waals surface area contributed by atoms with Crippen molar-refractivity contribution in [2.24, 2.45) is 0 Å². The summed E-state index contributed by atoms with van der Waals surface area (Å²) in [6, 6.07) is 13.1. The predicted molar refractivity (Wildman–Crippen MR) is 143 cm³/mol. The maximum atomic E-state index is 12.6. The highest BCUT2D eigenvalue weighted by Crippen LogP contribution is 2.47. The highest BCUT2D eigenvalue weighted by Gasteiger charge is 2.43. The first-order valence-corrected chi connectivity index (χ1v) is 13.4. The summed E-state index contributed by atoms with van der Waals surface area (Å²) in [7, 11) is 0. The zero-order chi connectivity index (χ0) is 26.0. The van der Waals surface area contributed by atoms with E-state index in [1.54, 1.807) is 18.2 Å². The summed E-state index contributed by atoms with van der Waals surface area (Å²) in [5.41, 5.74) is 2.61. The number of aromatic nitrogens is 2. The quantitative estimate of drug-likeness (QED) is 0.417. The van der Waals surface area contributed by atoms with Gasteiger partial charge in [0, 0.05) is 29.4 Å². The number of morpholine rings is 1. The van der Waals surface area contributed by atoms with Gasteiger partial charge in [-0.2, -0.15) is 0 Å². The largest absolute Gasteiger partial charge is 0.395 e. The van der Waals surface area contributed by atoms with Crippen LogP contribution >= 0.6 is 11.3 Å². The Kier molecular flexibility index (Phi) is 7.23. The molecule has 1 aromatic carbocycles. The number of pyridine rings is 1. The summed E-state index contributed by atoms with van der Waals surface area (Å²) in [5, 5.41) is 17.4. The fourth-order valence-corrected chi connectivity index (χ4v) is 5.38. The van der Waals surface area contributed by atoms with E-state index in [4.69, 9.17) is 9.72 Å². The third-order valence-electron chi connectivity index (χ3n) is 6.79. The van der Waals surface area contributed by atoms with Crippen LogP contribution in [0, 0.1) is 0 Å². The number of hydrogen-bond acceptors (Lipinski definition) is 8. The molecule has 2 aliphatic rings. The molecule has 2 aromatic heterocycles. The van der Waals surface area contributed by atoms with Gasteiger partial charge in [-0.25, -0.2) is 9.97 Å². The predicted octanol–water partition coefficient (Wildman–Crippen LogP) is 3.21. The summed E-state index contributed by atoms with van der Waals surface area (Å²) >= 11 is 1.31. The van der Waals surface area contributed by atoms with Gasteiger partial charge in [-0.15, -0.1) is 11.3 Å². The van der Waals surface area contributed by atoms with Crippen molar-refractivity contribution in [3.8, 4) is 11.4 Å². The molecule has 3 aromatic rings. The number of anilines is 2. The van der Waals surface area contributed by atoms with Crippen LogP contribution in [0.25, 0.3) is 11.4 Å². The zero-order valence-corrected chi connectivity index (χ0v) is 21.8. The first kappa shape index (κ1) is 25.3. The molecule has 2 atom stereocenters. The van der Waals surface area contributed by atoms with E-state index in [1.807, 2.05) is 29.6 Å². The van der Waals surface area contributed by atoms with Crippen LogP contribution in [0.2, 0.25) is 0 Å². The van der Waals surface area contributed by atoms with E-state index >= 15 is 0 Å². The van der Waals surface area contributed by atoms with Crippen molar-refractivity contribution in [3.63, 3.8) is 0 Å². The molecule has 10 heteroatoms. The van der Waals surface area contributed by atoms with Gasteiger partial charge in [-0.3, -0.25) is 9.59 Å². The maximum absolute atomic E-state index is 12.6. The number of amides is 2. The van der Waals surface area contributed by atoms with Crippen LogP contribution in [-0.4, -0.2) is 65.3 Å². The van der Waals surface area contributed by atoms with Gasteiger partial charge < -0.3 is 25.4 Å². The topological polar surface area (TPSA) is 117 Å². The Balaban J connectivity index is 1.17. The lowest BCUT2D eigenvalue weighted by atomic mass is 9.95. The highest BCUT2D eigenvalue weighted by atomic mass is 32.1. The Morgan fingerprint density at radius 3 is 2.59 bits per heavy atom. The van der Waals surface area contributed by atoms with Crippen molar-refractivity contribution in [3.05, 3.63) is 59.0 Å². The number of ether oxygens (including phenoxy) is 1. The number of nitrogens with zero attached hydrogens (tertiary/aromatic N) is 3. The summed E-state index contributed by atoms with van der Waals surface area (Å²) in [4.78, 5) is 36.6. The Labute approximate surface area is 219 Å². The van der Waals surface area contributed by atoms with Crippen molar-refractivity contribution in [1.29, 1.82) is 0 Å².